The van der Waals surface area contributed by atoms with Gasteiger partial charge >= 0.3 is 6.18 Å². The molecule has 0 saturated carbocycles. The first-order chi connectivity index (χ1) is 12.3. The summed E-state index contributed by atoms with van der Waals surface area (Å²) < 4.78 is 41.9. The van der Waals surface area contributed by atoms with Crippen molar-refractivity contribution >= 4 is 23.2 Å². The van der Waals surface area contributed by atoms with Gasteiger partial charge in [0.25, 0.3) is 0 Å². The van der Waals surface area contributed by atoms with E-state index in [9.17, 15) is 18.4 Å². The van der Waals surface area contributed by atoms with Gasteiger partial charge in [-0.25, -0.2) is 4.68 Å². The van der Waals surface area contributed by atoms with E-state index in [1.807, 2.05) is 24.3 Å². The fourth-order valence-electron chi connectivity index (χ4n) is 2.46. The number of rotatable bonds is 3. The summed E-state index contributed by atoms with van der Waals surface area (Å²) in [6.45, 7) is 0.261. The Hall–Kier alpha value is -2.08. The molecular weight excluding hydrogens is 468 g/mol. The van der Waals surface area contributed by atoms with Gasteiger partial charge in [0.15, 0.2) is 18.9 Å². The lowest BCUT2D eigenvalue weighted by molar-refractivity contribution is -0.689. The van der Waals surface area contributed by atoms with Crippen LogP contribution in [0.25, 0.3) is 5.69 Å². The van der Waals surface area contributed by atoms with E-state index in [4.69, 9.17) is 23.2 Å². The van der Waals surface area contributed by atoms with Gasteiger partial charge in [-0.1, -0.05) is 29.3 Å². The number of nitriles is 1. The van der Waals surface area contributed by atoms with Crippen molar-refractivity contribution in [1.82, 2.24) is 9.78 Å². The summed E-state index contributed by atoms with van der Waals surface area (Å²) in [5.74, 6) is 0. The van der Waals surface area contributed by atoms with Crippen LogP contribution < -0.4 is 21.5 Å². The van der Waals surface area contributed by atoms with Gasteiger partial charge in [-0.3, -0.25) is 0 Å². The standard InChI is InChI=1S/C17H10Cl2F3N4.BrH/c18-13-6-12(17(20,21)22)7-14(19)16(13)26-15(11(8-23)9-24-26)10-25-4-2-1-3-5-25;/h1-7,9H,10H2;1H/q+1;/p-1. The highest BCUT2D eigenvalue weighted by atomic mass is 79.9. The van der Waals surface area contributed by atoms with Crippen molar-refractivity contribution in [1.29, 1.82) is 5.26 Å². The fourth-order valence-corrected chi connectivity index (χ4v) is 3.10. The molecule has 0 spiro atoms. The number of pyridine rings is 1. The van der Waals surface area contributed by atoms with E-state index in [1.54, 1.807) is 17.0 Å². The summed E-state index contributed by atoms with van der Waals surface area (Å²) in [5, 5.41) is 13.0. The maximum Gasteiger partial charge on any atom is 0.416 e. The molecule has 0 saturated heterocycles. The van der Waals surface area contributed by atoms with Gasteiger partial charge in [-0.2, -0.15) is 28.1 Å². The van der Waals surface area contributed by atoms with Crippen LogP contribution in [0.15, 0.2) is 48.9 Å². The molecule has 140 valence electrons. The first-order valence-corrected chi connectivity index (χ1v) is 8.04. The Labute approximate surface area is 173 Å². The van der Waals surface area contributed by atoms with Crippen molar-refractivity contribution in [3.8, 4) is 11.8 Å². The summed E-state index contributed by atoms with van der Waals surface area (Å²) in [6, 6.07) is 9.05. The predicted octanol–water partition coefficient (Wildman–Crippen LogP) is 1.41. The van der Waals surface area contributed by atoms with Crippen molar-refractivity contribution in [3.05, 3.63) is 75.8 Å². The molecule has 0 radical (unpaired) electrons. The largest absolute Gasteiger partial charge is 1.00 e. The number of hydrogen-bond donors (Lipinski definition) is 0. The van der Waals surface area contributed by atoms with E-state index >= 15 is 0 Å². The number of nitrogens with zero attached hydrogens (tertiary/aromatic N) is 4. The molecule has 3 rings (SSSR count). The third-order valence-electron chi connectivity index (χ3n) is 3.65. The Bertz CT molecular complexity index is 975. The molecule has 1 aromatic carbocycles. The molecule has 10 heteroatoms. The first-order valence-electron chi connectivity index (χ1n) is 7.29. The summed E-state index contributed by atoms with van der Waals surface area (Å²) in [7, 11) is 0. The number of benzene rings is 1. The zero-order valence-corrected chi connectivity index (χ0v) is 16.5. The van der Waals surface area contributed by atoms with Crippen molar-refractivity contribution < 1.29 is 34.7 Å². The van der Waals surface area contributed by atoms with Crippen LogP contribution in [0.2, 0.25) is 10.0 Å². The van der Waals surface area contributed by atoms with Crippen LogP contribution in [0.5, 0.6) is 0 Å². The molecule has 2 heterocycles. The molecule has 27 heavy (non-hydrogen) atoms. The van der Waals surface area contributed by atoms with Crippen LogP contribution in [0.3, 0.4) is 0 Å². The molecule has 0 unspecified atom stereocenters. The van der Waals surface area contributed by atoms with Crippen LogP contribution >= 0.6 is 23.2 Å². The second-order valence-corrected chi connectivity index (χ2v) is 6.18. The highest BCUT2D eigenvalue weighted by Gasteiger charge is 2.32. The summed E-state index contributed by atoms with van der Waals surface area (Å²) >= 11 is 12.1. The van der Waals surface area contributed by atoms with Crippen LogP contribution in [0, 0.1) is 11.3 Å². The Morgan fingerprint density at radius 1 is 1.11 bits per heavy atom. The Morgan fingerprint density at radius 2 is 1.70 bits per heavy atom. The Morgan fingerprint density at radius 3 is 2.22 bits per heavy atom. The van der Waals surface area contributed by atoms with Crippen LogP contribution in [-0.2, 0) is 12.7 Å². The normalized spacial score (nSPS) is 11.0. The Kier molecular flexibility index (Phi) is 6.52. The van der Waals surface area contributed by atoms with Gasteiger partial charge in [0.1, 0.15) is 23.0 Å². The lowest BCUT2D eigenvalue weighted by Crippen LogP contribution is -3.00. The van der Waals surface area contributed by atoms with Gasteiger partial charge in [0, 0.05) is 12.1 Å². The van der Waals surface area contributed by atoms with Gasteiger partial charge in [0.05, 0.1) is 21.8 Å². The van der Waals surface area contributed by atoms with Crippen molar-refractivity contribution in [2.45, 2.75) is 12.7 Å². The van der Waals surface area contributed by atoms with Gasteiger partial charge < -0.3 is 17.0 Å². The minimum absolute atomic E-state index is 0. The quantitative estimate of drug-likeness (QED) is 0.535. The maximum atomic E-state index is 12.9. The predicted molar refractivity (Wildman–Crippen MR) is 89.0 cm³/mol. The fraction of sp³-hybridized carbons (Fsp3) is 0.118. The molecule has 0 aliphatic heterocycles. The smallest absolute Gasteiger partial charge is 0.416 e. The average Bonchev–Trinajstić information content (AvgIpc) is 2.97. The van der Waals surface area contributed by atoms with E-state index in [2.05, 4.69) is 5.10 Å². The van der Waals surface area contributed by atoms with Crippen molar-refractivity contribution in [2.75, 3.05) is 0 Å². The van der Waals surface area contributed by atoms with Crippen molar-refractivity contribution in [3.63, 3.8) is 0 Å². The lowest BCUT2D eigenvalue weighted by atomic mass is 10.2. The van der Waals surface area contributed by atoms with E-state index in [0.29, 0.717) is 5.69 Å². The molecule has 0 N–H and O–H groups in total. The maximum absolute atomic E-state index is 12.9. The molecule has 0 fully saturated rings. The molecule has 2 aromatic heterocycles. The number of halogens is 6. The monoisotopic (exact) mass is 476 g/mol. The SMILES string of the molecule is N#Cc1cnn(-c2c(Cl)cc(C(F)(F)F)cc2Cl)c1C[n+]1ccccc1.[Br-]. The third kappa shape index (κ3) is 4.43. The van der Waals surface area contributed by atoms with Crippen LogP contribution in [-0.4, -0.2) is 9.78 Å². The van der Waals surface area contributed by atoms with Crippen LogP contribution in [0.1, 0.15) is 16.8 Å². The lowest BCUT2D eigenvalue weighted by Gasteiger charge is -2.13. The third-order valence-corrected chi connectivity index (χ3v) is 4.23. The molecule has 0 bridgehead atoms. The molecule has 0 amide bonds. The zero-order valence-electron chi connectivity index (χ0n) is 13.4. The number of hydrogen-bond acceptors (Lipinski definition) is 2. The molecule has 3 aromatic rings. The topological polar surface area (TPSA) is 45.5 Å². The summed E-state index contributed by atoms with van der Waals surface area (Å²) in [6.07, 6.45) is 0.322. The molecular formula is C17H10BrCl2F3N4. The van der Waals surface area contributed by atoms with E-state index in [0.717, 1.165) is 12.1 Å². The highest BCUT2D eigenvalue weighted by molar-refractivity contribution is 6.37. The van der Waals surface area contributed by atoms with Crippen molar-refractivity contribution in [2.24, 2.45) is 0 Å². The summed E-state index contributed by atoms with van der Waals surface area (Å²) in [4.78, 5) is 0. The highest BCUT2D eigenvalue weighted by Crippen LogP contribution is 2.37. The average molecular weight is 478 g/mol. The van der Waals surface area contributed by atoms with Gasteiger partial charge in [-0.05, 0) is 12.1 Å². The summed E-state index contributed by atoms with van der Waals surface area (Å²) in [5.41, 5.74) is -0.141. The first kappa shape index (κ1) is 21.2. The molecule has 4 nitrogen and oxygen atoms in total. The van der Waals surface area contributed by atoms with E-state index in [-0.39, 0.29) is 44.8 Å². The second-order valence-electron chi connectivity index (χ2n) is 5.36. The minimum atomic E-state index is -4.57. The van der Waals surface area contributed by atoms with Crippen LogP contribution in [0.4, 0.5) is 13.2 Å². The van der Waals surface area contributed by atoms with E-state index < -0.39 is 11.7 Å². The minimum Gasteiger partial charge on any atom is -1.00 e. The Balaban J connectivity index is 0.00000261. The molecule has 0 aliphatic carbocycles. The van der Waals surface area contributed by atoms with E-state index in [1.165, 1.54) is 10.9 Å². The zero-order chi connectivity index (χ0) is 18.9. The molecule has 0 atom stereocenters. The molecule has 0 aliphatic rings. The second kappa shape index (κ2) is 8.30. The number of aromatic nitrogens is 3. The number of alkyl halides is 3. The van der Waals surface area contributed by atoms with Gasteiger partial charge in [-0.15, -0.1) is 0 Å². The van der Waals surface area contributed by atoms with Gasteiger partial charge in [0.2, 0.25) is 0 Å².